The van der Waals surface area contributed by atoms with Gasteiger partial charge in [0.05, 0.1) is 14.2 Å². The maximum Gasteiger partial charge on any atom is 0.193 e. The fraction of sp³-hybridized carbons (Fsp3) is 0.381. The minimum absolute atomic E-state index is 0.468. The van der Waals surface area contributed by atoms with Crippen LogP contribution >= 0.6 is 0 Å². The Bertz CT molecular complexity index is 787. The molecule has 1 aliphatic rings. The Labute approximate surface area is 155 Å². The number of aliphatic imine (C=N–C) groups is 1. The van der Waals surface area contributed by atoms with E-state index in [1.165, 1.54) is 29.5 Å². The zero-order chi connectivity index (χ0) is 18.4. The molecule has 0 atom stereocenters. The van der Waals surface area contributed by atoms with E-state index in [0.717, 1.165) is 36.4 Å². The van der Waals surface area contributed by atoms with Crippen LogP contribution in [-0.2, 0) is 19.3 Å². The summed E-state index contributed by atoms with van der Waals surface area (Å²) in [6, 6.07) is 12.5. The van der Waals surface area contributed by atoms with Crippen molar-refractivity contribution in [3.8, 4) is 11.5 Å². The summed E-state index contributed by atoms with van der Waals surface area (Å²) in [6.07, 6.45) is 5.43. The molecule has 0 aliphatic heterocycles. The van der Waals surface area contributed by atoms with Gasteiger partial charge in [-0.25, -0.2) is 0 Å². The molecule has 0 spiro atoms. The predicted octanol–water partition coefficient (Wildman–Crippen LogP) is 3.55. The molecule has 0 saturated carbocycles. The number of hydrogen-bond donors (Lipinski definition) is 2. The van der Waals surface area contributed by atoms with Gasteiger partial charge in [0, 0.05) is 12.2 Å². The fourth-order valence-corrected chi connectivity index (χ4v) is 3.36. The van der Waals surface area contributed by atoms with Crippen molar-refractivity contribution in [2.45, 2.75) is 32.1 Å². The van der Waals surface area contributed by atoms with Crippen LogP contribution in [0.3, 0.4) is 0 Å². The standard InChI is InChI=1S/C21H27N3O2/c1-25-19-11-8-15(13-20(19)26-2)5-4-12-23-21(22)24-18-10-9-16-6-3-7-17(16)14-18/h8-11,13-14H,3-7,12H2,1-2H3,(H3,22,23,24). The van der Waals surface area contributed by atoms with E-state index in [0.29, 0.717) is 12.5 Å². The SMILES string of the molecule is COc1ccc(CCCN=C(N)Nc2ccc3c(c2)CCC3)cc1OC. The number of hydrogen-bond acceptors (Lipinski definition) is 3. The molecule has 1 aliphatic carbocycles. The summed E-state index contributed by atoms with van der Waals surface area (Å²) in [4.78, 5) is 4.43. The van der Waals surface area contributed by atoms with E-state index in [4.69, 9.17) is 15.2 Å². The first-order valence-corrected chi connectivity index (χ1v) is 9.09. The van der Waals surface area contributed by atoms with Crippen molar-refractivity contribution < 1.29 is 9.47 Å². The number of guanidine groups is 1. The van der Waals surface area contributed by atoms with E-state index in [2.05, 4.69) is 34.6 Å². The zero-order valence-corrected chi connectivity index (χ0v) is 15.5. The van der Waals surface area contributed by atoms with Crippen molar-refractivity contribution in [3.63, 3.8) is 0 Å². The normalized spacial score (nSPS) is 13.4. The molecule has 0 saturated heterocycles. The number of ether oxygens (including phenoxy) is 2. The molecule has 26 heavy (non-hydrogen) atoms. The molecule has 3 N–H and O–H groups in total. The zero-order valence-electron chi connectivity index (χ0n) is 15.5. The van der Waals surface area contributed by atoms with Gasteiger partial charge in [-0.2, -0.15) is 0 Å². The van der Waals surface area contributed by atoms with Crippen molar-refractivity contribution in [2.24, 2.45) is 10.7 Å². The lowest BCUT2D eigenvalue weighted by atomic mass is 10.1. The quantitative estimate of drug-likeness (QED) is 0.454. The molecule has 3 rings (SSSR count). The molecule has 0 heterocycles. The maximum atomic E-state index is 6.02. The third-order valence-electron chi connectivity index (χ3n) is 4.72. The van der Waals surface area contributed by atoms with Crippen molar-refractivity contribution in [2.75, 3.05) is 26.1 Å². The van der Waals surface area contributed by atoms with Crippen molar-refractivity contribution in [3.05, 3.63) is 53.1 Å². The number of nitrogens with one attached hydrogen (secondary N) is 1. The number of rotatable bonds is 7. The van der Waals surface area contributed by atoms with Crippen molar-refractivity contribution >= 4 is 11.6 Å². The Morgan fingerprint density at radius 1 is 1.04 bits per heavy atom. The predicted molar refractivity (Wildman–Crippen MR) is 106 cm³/mol. The minimum atomic E-state index is 0.468. The van der Waals surface area contributed by atoms with E-state index in [1.54, 1.807) is 14.2 Å². The summed E-state index contributed by atoms with van der Waals surface area (Å²) in [5.74, 6) is 1.97. The molecule has 5 nitrogen and oxygen atoms in total. The summed E-state index contributed by atoms with van der Waals surface area (Å²) in [5, 5.41) is 3.19. The fourth-order valence-electron chi connectivity index (χ4n) is 3.36. The number of benzene rings is 2. The van der Waals surface area contributed by atoms with Gasteiger partial charge < -0.3 is 20.5 Å². The van der Waals surface area contributed by atoms with Crippen LogP contribution in [0.25, 0.3) is 0 Å². The number of anilines is 1. The molecule has 138 valence electrons. The van der Waals surface area contributed by atoms with Crippen LogP contribution in [0.15, 0.2) is 41.4 Å². The lowest BCUT2D eigenvalue weighted by Crippen LogP contribution is -2.23. The smallest absolute Gasteiger partial charge is 0.193 e. The highest BCUT2D eigenvalue weighted by Gasteiger charge is 2.10. The highest BCUT2D eigenvalue weighted by atomic mass is 16.5. The second-order valence-electron chi connectivity index (χ2n) is 6.52. The van der Waals surface area contributed by atoms with Gasteiger partial charge in [0.2, 0.25) is 0 Å². The Balaban J connectivity index is 1.49. The third-order valence-corrected chi connectivity index (χ3v) is 4.72. The molecule has 2 aromatic carbocycles. The monoisotopic (exact) mass is 353 g/mol. The Kier molecular flexibility index (Phi) is 6.00. The highest BCUT2D eigenvalue weighted by molar-refractivity contribution is 5.92. The molecular weight excluding hydrogens is 326 g/mol. The lowest BCUT2D eigenvalue weighted by Gasteiger charge is -2.09. The first kappa shape index (κ1) is 18.1. The van der Waals surface area contributed by atoms with E-state index in [9.17, 15) is 0 Å². The summed E-state index contributed by atoms with van der Waals surface area (Å²) in [5.41, 5.74) is 11.1. The van der Waals surface area contributed by atoms with Crippen LogP contribution in [-0.4, -0.2) is 26.7 Å². The molecule has 0 aromatic heterocycles. The molecule has 0 bridgehead atoms. The van der Waals surface area contributed by atoms with E-state index in [1.807, 2.05) is 12.1 Å². The van der Waals surface area contributed by atoms with Crippen molar-refractivity contribution in [1.82, 2.24) is 0 Å². The van der Waals surface area contributed by atoms with Gasteiger partial charge in [-0.1, -0.05) is 12.1 Å². The summed E-state index contributed by atoms with van der Waals surface area (Å²) in [7, 11) is 3.29. The second-order valence-corrected chi connectivity index (χ2v) is 6.52. The van der Waals surface area contributed by atoms with Crippen LogP contribution in [0.5, 0.6) is 11.5 Å². The average Bonchev–Trinajstić information content (AvgIpc) is 3.12. The number of fused-ring (bicyclic) bond motifs is 1. The molecule has 0 fully saturated rings. The van der Waals surface area contributed by atoms with Crippen LogP contribution in [0.4, 0.5) is 5.69 Å². The van der Waals surface area contributed by atoms with E-state index in [-0.39, 0.29) is 0 Å². The molecular formula is C21H27N3O2. The van der Waals surface area contributed by atoms with Crippen LogP contribution in [0, 0.1) is 0 Å². The summed E-state index contributed by atoms with van der Waals surface area (Å²) < 4.78 is 10.6. The van der Waals surface area contributed by atoms with Crippen LogP contribution in [0.1, 0.15) is 29.5 Å². The third kappa shape index (κ3) is 4.48. The van der Waals surface area contributed by atoms with Gasteiger partial charge >= 0.3 is 0 Å². The molecule has 2 aromatic rings. The van der Waals surface area contributed by atoms with E-state index >= 15 is 0 Å². The van der Waals surface area contributed by atoms with Crippen LogP contribution < -0.4 is 20.5 Å². The number of aryl methyl sites for hydroxylation is 3. The van der Waals surface area contributed by atoms with Gasteiger partial charge in [-0.3, -0.25) is 4.99 Å². The summed E-state index contributed by atoms with van der Waals surface area (Å²) in [6.45, 7) is 0.679. The molecule has 0 unspecified atom stereocenters. The summed E-state index contributed by atoms with van der Waals surface area (Å²) >= 11 is 0. The van der Waals surface area contributed by atoms with Gasteiger partial charge in [-0.15, -0.1) is 0 Å². The maximum absolute atomic E-state index is 6.02. The van der Waals surface area contributed by atoms with Crippen LogP contribution in [0.2, 0.25) is 0 Å². The number of methoxy groups -OCH3 is 2. The van der Waals surface area contributed by atoms with Gasteiger partial charge in [0.1, 0.15) is 0 Å². The number of nitrogens with zero attached hydrogens (tertiary/aromatic N) is 1. The first-order chi connectivity index (χ1) is 12.7. The van der Waals surface area contributed by atoms with Gasteiger partial charge in [0.25, 0.3) is 0 Å². The first-order valence-electron chi connectivity index (χ1n) is 9.09. The molecule has 0 amide bonds. The average molecular weight is 353 g/mol. The number of nitrogens with two attached hydrogens (primary N) is 1. The topological polar surface area (TPSA) is 68.9 Å². The second kappa shape index (κ2) is 8.61. The molecule has 5 heteroatoms. The Morgan fingerprint density at radius 2 is 1.85 bits per heavy atom. The molecule has 0 radical (unpaired) electrons. The largest absolute Gasteiger partial charge is 0.493 e. The van der Waals surface area contributed by atoms with Gasteiger partial charge in [-0.05, 0) is 73.1 Å². The van der Waals surface area contributed by atoms with Gasteiger partial charge in [0.15, 0.2) is 17.5 Å². The Morgan fingerprint density at radius 3 is 2.65 bits per heavy atom. The van der Waals surface area contributed by atoms with E-state index < -0.39 is 0 Å². The van der Waals surface area contributed by atoms with Crippen molar-refractivity contribution in [1.29, 1.82) is 0 Å². The lowest BCUT2D eigenvalue weighted by molar-refractivity contribution is 0.354. The highest BCUT2D eigenvalue weighted by Crippen LogP contribution is 2.28. The Hall–Kier alpha value is -2.69. The minimum Gasteiger partial charge on any atom is -0.493 e.